The van der Waals surface area contributed by atoms with E-state index in [9.17, 15) is 4.79 Å². The maximum atomic E-state index is 10.8. The Morgan fingerprint density at radius 3 is 2.91 bits per heavy atom. The first-order valence-corrected chi connectivity index (χ1v) is 3.67. The summed E-state index contributed by atoms with van der Waals surface area (Å²) in [5, 5.41) is 0.252. The summed E-state index contributed by atoms with van der Waals surface area (Å²) in [6, 6.07) is 0. The third-order valence-corrected chi connectivity index (χ3v) is 1.79. The minimum absolute atomic E-state index is 0.0839. The van der Waals surface area contributed by atoms with Crippen LogP contribution in [0.5, 0.6) is 0 Å². The van der Waals surface area contributed by atoms with Crippen LogP contribution in [0.2, 0.25) is 0 Å². The molecule has 0 N–H and O–H groups in total. The van der Waals surface area contributed by atoms with Gasteiger partial charge in [-0.3, -0.25) is 9.69 Å². The number of hydrogen-bond donors (Lipinski definition) is 0. The van der Waals surface area contributed by atoms with Crippen LogP contribution in [0.3, 0.4) is 0 Å². The third-order valence-electron chi connectivity index (χ3n) is 1.48. The summed E-state index contributed by atoms with van der Waals surface area (Å²) in [6.45, 7) is 5.51. The van der Waals surface area contributed by atoms with Gasteiger partial charge in [0.2, 0.25) is 5.91 Å². The summed E-state index contributed by atoms with van der Waals surface area (Å²) in [5.74, 6) is -0.0839. The fourth-order valence-electron chi connectivity index (χ4n) is 0.865. The third kappa shape index (κ3) is 1.57. The van der Waals surface area contributed by atoms with Crippen molar-refractivity contribution in [2.45, 2.75) is 13.0 Å². The summed E-state index contributed by atoms with van der Waals surface area (Å²) < 4.78 is 5.10. The van der Waals surface area contributed by atoms with Crippen molar-refractivity contribution >= 4 is 23.3 Å². The van der Waals surface area contributed by atoms with Gasteiger partial charge in [0.1, 0.15) is 6.10 Å². The average Bonchev–Trinajstić information content (AvgIpc) is 2.30. The molecule has 1 aliphatic heterocycles. The second-order valence-electron chi connectivity index (χ2n) is 2.29. The number of thiocarbonyl (C=S) groups is 1. The van der Waals surface area contributed by atoms with Gasteiger partial charge < -0.3 is 4.74 Å². The topological polar surface area (TPSA) is 29.5 Å². The number of carbonyl (C=O) groups excluding carboxylic acids is 1. The van der Waals surface area contributed by atoms with E-state index in [2.05, 4.69) is 6.58 Å². The van der Waals surface area contributed by atoms with E-state index in [-0.39, 0.29) is 17.2 Å². The molecule has 11 heavy (non-hydrogen) atoms. The molecule has 1 atom stereocenters. The highest BCUT2D eigenvalue weighted by atomic mass is 32.1. The highest BCUT2D eigenvalue weighted by Crippen LogP contribution is 2.11. The number of nitrogens with zero attached hydrogens (tertiary/aromatic N) is 1. The van der Waals surface area contributed by atoms with Crippen molar-refractivity contribution < 1.29 is 9.53 Å². The first-order valence-electron chi connectivity index (χ1n) is 3.26. The lowest BCUT2D eigenvalue weighted by Crippen LogP contribution is -2.29. The van der Waals surface area contributed by atoms with Gasteiger partial charge in [-0.05, 0) is 18.3 Å². The van der Waals surface area contributed by atoms with Gasteiger partial charge in [0.05, 0.1) is 6.54 Å². The first-order chi connectivity index (χ1) is 5.15. The molecule has 0 aromatic heterocycles. The smallest absolute Gasteiger partial charge is 0.266 e. The van der Waals surface area contributed by atoms with Gasteiger partial charge in [0.25, 0.3) is 5.17 Å². The number of carbonyl (C=O) groups is 1. The summed E-state index contributed by atoms with van der Waals surface area (Å²) in [4.78, 5) is 12.3. The van der Waals surface area contributed by atoms with Crippen LogP contribution in [0.15, 0.2) is 12.7 Å². The van der Waals surface area contributed by atoms with E-state index >= 15 is 0 Å². The van der Waals surface area contributed by atoms with E-state index < -0.39 is 0 Å². The maximum absolute atomic E-state index is 10.8. The van der Waals surface area contributed by atoms with Crippen LogP contribution < -0.4 is 0 Å². The molecule has 0 saturated carbocycles. The first kappa shape index (κ1) is 8.20. The lowest BCUT2D eigenvalue weighted by molar-refractivity contribution is -0.124. The van der Waals surface area contributed by atoms with Crippen LogP contribution in [-0.2, 0) is 9.53 Å². The van der Waals surface area contributed by atoms with E-state index in [4.69, 9.17) is 17.0 Å². The van der Waals surface area contributed by atoms with Crippen LogP contribution >= 0.6 is 12.2 Å². The fraction of sp³-hybridized carbons (Fsp3) is 0.429. The molecule has 1 aliphatic rings. The second kappa shape index (κ2) is 3.00. The molecule has 1 amide bonds. The van der Waals surface area contributed by atoms with Crippen molar-refractivity contribution in [2.24, 2.45) is 0 Å². The van der Waals surface area contributed by atoms with Gasteiger partial charge in [-0.25, -0.2) is 0 Å². The predicted molar refractivity (Wildman–Crippen MR) is 45.1 cm³/mol. The summed E-state index contributed by atoms with van der Waals surface area (Å²) in [6.07, 6.45) is 1.50. The zero-order chi connectivity index (χ0) is 8.43. The van der Waals surface area contributed by atoms with Crippen molar-refractivity contribution in [1.29, 1.82) is 0 Å². The maximum Gasteiger partial charge on any atom is 0.266 e. The lowest BCUT2D eigenvalue weighted by atomic mass is 10.3. The zero-order valence-corrected chi connectivity index (χ0v) is 7.06. The Morgan fingerprint density at radius 2 is 2.64 bits per heavy atom. The van der Waals surface area contributed by atoms with Gasteiger partial charge in [-0.2, -0.15) is 0 Å². The van der Waals surface area contributed by atoms with E-state index in [0.717, 1.165) is 0 Å². The fourth-order valence-corrected chi connectivity index (χ4v) is 1.19. The molecular weight excluding hydrogens is 162 g/mol. The molecule has 1 unspecified atom stereocenters. The molecule has 4 heteroatoms. The van der Waals surface area contributed by atoms with Crippen molar-refractivity contribution in [1.82, 2.24) is 4.90 Å². The molecule has 0 spiro atoms. The molecule has 1 fully saturated rings. The minimum atomic E-state index is -0.133. The molecule has 0 aliphatic carbocycles. The SMILES string of the molecule is C=CC1CN(C(C)=O)C(=S)O1. The molecule has 1 saturated heterocycles. The van der Waals surface area contributed by atoms with Crippen LogP contribution in [-0.4, -0.2) is 28.6 Å². The highest BCUT2D eigenvalue weighted by Gasteiger charge is 2.28. The Hall–Kier alpha value is -0.900. The molecule has 0 aromatic rings. The number of hydrogen-bond acceptors (Lipinski definition) is 3. The van der Waals surface area contributed by atoms with Gasteiger partial charge >= 0.3 is 0 Å². The normalized spacial score (nSPS) is 23.2. The van der Waals surface area contributed by atoms with Crippen molar-refractivity contribution in [2.75, 3.05) is 6.54 Å². The molecule has 0 aromatic carbocycles. The molecule has 1 heterocycles. The summed E-state index contributed by atoms with van der Waals surface area (Å²) >= 11 is 4.80. The number of amides is 1. The molecule has 3 nitrogen and oxygen atoms in total. The van der Waals surface area contributed by atoms with Gasteiger partial charge in [0.15, 0.2) is 0 Å². The largest absolute Gasteiger partial charge is 0.461 e. The van der Waals surface area contributed by atoms with Crippen LogP contribution in [0.25, 0.3) is 0 Å². The van der Waals surface area contributed by atoms with E-state index in [0.29, 0.717) is 6.54 Å². The molecule has 0 radical (unpaired) electrons. The number of rotatable bonds is 1. The monoisotopic (exact) mass is 171 g/mol. The molecular formula is C7H9NO2S. The zero-order valence-electron chi connectivity index (χ0n) is 6.24. The van der Waals surface area contributed by atoms with E-state index in [1.807, 2.05) is 0 Å². The lowest BCUT2D eigenvalue weighted by Gasteiger charge is -2.07. The predicted octanol–water partition coefficient (Wildman–Crippen LogP) is 0.705. The average molecular weight is 171 g/mol. The quantitative estimate of drug-likeness (QED) is 0.430. The second-order valence-corrected chi connectivity index (χ2v) is 2.64. The minimum Gasteiger partial charge on any atom is -0.461 e. The Morgan fingerprint density at radius 1 is 2.00 bits per heavy atom. The van der Waals surface area contributed by atoms with Gasteiger partial charge in [-0.15, -0.1) is 0 Å². The molecule has 0 bridgehead atoms. The summed E-state index contributed by atoms with van der Waals surface area (Å²) in [7, 11) is 0. The van der Waals surface area contributed by atoms with Crippen LogP contribution in [0.4, 0.5) is 0 Å². The Kier molecular flexibility index (Phi) is 2.24. The van der Waals surface area contributed by atoms with E-state index in [1.54, 1.807) is 6.08 Å². The standard InChI is InChI=1S/C7H9NO2S/c1-3-6-4-8(5(2)9)7(11)10-6/h3,6H,1,4H2,2H3. The Bertz CT molecular complexity index is 214. The number of ether oxygens (including phenoxy) is 1. The van der Waals surface area contributed by atoms with Crippen molar-refractivity contribution in [3.63, 3.8) is 0 Å². The van der Waals surface area contributed by atoms with Crippen molar-refractivity contribution in [3.05, 3.63) is 12.7 Å². The van der Waals surface area contributed by atoms with Crippen LogP contribution in [0.1, 0.15) is 6.92 Å². The Balaban J connectivity index is 2.65. The summed E-state index contributed by atoms with van der Waals surface area (Å²) in [5.41, 5.74) is 0. The van der Waals surface area contributed by atoms with Crippen LogP contribution in [0, 0.1) is 0 Å². The van der Waals surface area contributed by atoms with E-state index in [1.165, 1.54) is 11.8 Å². The molecule has 1 rings (SSSR count). The Labute approximate surface area is 70.6 Å². The van der Waals surface area contributed by atoms with Gasteiger partial charge in [0, 0.05) is 6.92 Å². The highest BCUT2D eigenvalue weighted by molar-refractivity contribution is 7.80. The van der Waals surface area contributed by atoms with Crippen molar-refractivity contribution in [3.8, 4) is 0 Å². The van der Waals surface area contributed by atoms with Gasteiger partial charge in [-0.1, -0.05) is 6.58 Å². The molecule has 60 valence electrons.